The molecular formula is C14H18BrF2N3O. The second-order valence-corrected chi connectivity index (χ2v) is 6.20. The Balaban J connectivity index is 2.28. The van der Waals surface area contributed by atoms with Crippen LogP contribution in [0.2, 0.25) is 0 Å². The normalized spacial score (nSPS) is 21.2. The van der Waals surface area contributed by atoms with E-state index < -0.39 is 5.92 Å². The highest BCUT2D eigenvalue weighted by Crippen LogP contribution is 2.34. The summed E-state index contributed by atoms with van der Waals surface area (Å²) in [5.41, 5.74) is 0.837. The Kier molecular flexibility index (Phi) is 4.81. The average molecular weight is 362 g/mol. The molecule has 1 fully saturated rings. The zero-order valence-electron chi connectivity index (χ0n) is 12.0. The number of piperidine rings is 1. The van der Waals surface area contributed by atoms with Crippen LogP contribution in [0, 0.1) is 6.92 Å². The maximum atomic E-state index is 13.8. The van der Waals surface area contributed by atoms with Crippen molar-refractivity contribution in [2.45, 2.75) is 38.7 Å². The minimum absolute atomic E-state index is 0.161. The number of hydrogen-bond donors (Lipinski definition) is 1. The molecular weight excluding hydrogens is 344 g/mol. The number of rotatable bonds is 3. The van der Waals surface area contributed by atoms with Crippen molar-refractivity contribution in [3.05, 3.63) is 22.3 Å². The van der Waals surface area contributed by atoms with E-state index in [1.165, 1.54) is 6.92 Å². The van der Waals surface area contributed by atoms with Crippen LogP contribution in [-0.4, -0.2) is 35.9 Å². The molecule has 1 aliphatic heterocycles. The number of aromatic nitrogens is 1. The summed E-state index contributed by atoms with van der Waals surface area (Å²) in [5, 5.41) is 2.71. The minimum atomic E-state index is -2.73. The first kappa shape index (κ1) is 16.1. The lowest BCUT2D eigenvalue weighted by molar-refractivity contribution is -0.119. The Bertz CT molecular complexity index is 539. The van der Waals surface area contributed by atoms with Crippen LogP contribution in [0.15, 0.2) is 16.7 Å². The smallest absolute Gasteiger partial charge is 0.265 e. The summed E-state index contributed by atoms with van der Waals surface area (Å²) in [6, 6.07) is 3.45. The van der Waals surface area contributed by atoms with Crippen LogP contribution in [0.3, 0.4) is 0 Å². The highest BCUT2D eigenvalue weighted by Gasteiger charge is 2.41. The molecule has 0 radical (unpaired) electrons. The van der Waals surface area contributed by atoms with Gasteiger partial charge < -0.3 is 10.2 Å². The largest absolute Gasteiger partial charge is 0.354 e. The Hall–Kier alpha value is -1.24. The number of carbonyl (C=O) groups is 1. The first-order chi connectivity index (χ1) is 9.78. The fraction of sp³-hybridized carbons (Fsp3) is 0.571. The van der Waals surface area contributed by atoms with Crippen LogP contribution in [-0.2, 0) is 4.79 Å². The van der Waals surface area contributed by atoms with E-state index in [4.69, 9.17) is 0 Å². The first-order valence-electron chi connectivity index (χ1n) is 6.80. The molecule has 1 aliphatic rings. The molecule has 116 valence electrons. The second-order valence-electron chi connectivity index (χ2n) is 5.39. The number of halogens is 3. The maximum absolute atomic E-state index is 13.8. The Morgan fingerprint density at radius 2 is 2.29 bits per heavy atom. The summed E-state index contributed by atoms with van der Waals surface area (Å²) in [5.74, 6) is -2.35. The van der Waals surface area contributed by atoms with E-state index in [1.54, 1.807) is 11.0 Å². The molecule has 0 bridgehead atoms. The van der Waals surface area contributed by atoms with Crippen LogP contribution < -0.4 is 10.2 Å². The van der Waals surface area contributed by atoms with Gasteiger partial charge in [-0.1, -0.05) is 6.07 Å². The molecule has 0 aliphatic carbocycles. The number of anilines is 1. The molecule has 0 aromatic carbocycles. The van der Waals surface area contributed by atoms with Gasteiger partial charge in [-0.3, -0.25) is 4.79 Å². The Labute approximate surface area is 131 Å². The van der Waals surface area contributed by atoms with E-state index in [0.717, 1.165) is 5.56 Å². The van der Waals surface area contributed by atoms with Crippen LogP contribution >= 0.6 is 15.9 Å². The summed E-state index contributed by atoms with van der Waals surface area (Å²) >= 11 is 3.28. The predicted molar refractivity (Wildman–Crippen MR) is 80.7 cm³/mol. The molecule has 0 saturated carbocycles. The van der Waals surface area contributed by atoms with Crippen LogP contribution in [0.25, 0.3) is 0 Å². The molecule has 1 amide bonds. The fourth-order valence-electron chi connectivity index (χ4n) is 2.50. The highest BCUT2D eigenvalue weighted by molar-refractivity contribution is 9.10. The predicted octanol–water partition coefficient (Wildman–Crippen LogP) is 2.89. The second kappa shape index (κ2) is 6.25. The monoisotopic (exact) mass is 361 g/mol. The van der Waals surface area contributed by atoms with Gasteiger partial charge in [0.2, 0.25) is 5.91 Å². The number of nitrogens with one attached hydrogen (secondary N) is 1. The molecule has 7 heteroatoms. The maximum Gasteiger partial charge on any atom is 0.265 e. The third-order valence-corrected chi connectivity index (χ3v) is 4.02. The summed E-state index contributed by atoms with van der Waals surface area (Å²) in [4.78, 5) is 17.0. The van der Waals surface area contributed by atoms with Crippen molar-refractivity contribution in [1.82, 2.24) is 10.3 Å². The first-order valence-corrected chi connectivity index (χ1v) is 7.60. The number of aryl methyl sites for hydroxylation is 1. The molecule has 0 spiro atoms. The van der Waals surface area contributed by atoms with E-state index in [2.05, 4.69) is 26.2 Å². The number of alkyl halides is 2. The van der Waals surface area contributed by atoms with Crippen LogP contribution in [0.1, 0.15) is 25.3 Å². The van der Waals surface area contributed by atoms with Crippen molar-refractivity contribution in [3.8, 4) is 0 Å². The van der Waals surface area contributed by atoms with E-state index in [0.29, 0.717) is 23.4 Å². The Morgan fingerprint density at radius 1 is 1.57 bits per heavy atom. The molecule has 2 heterocycles. The van der Waals surface area contributed by atoms with Crippen molar-refractivity contribution in [3.63, 3.8) is 0 Å². The number of hydrogen-bond acceptors (Lipinski definition) is 3. The van der Waals surface area contributed by atoms with Gasteiger partial charge in [-0.15, -0.1) is 0 Å². The molecule has 4 nitrogen and oxygen atoms in total. The van der Waals surface area contributed by atoms with Gasteiger partial charge in [-0.25, -0.2) is 13.8 Å². The molecule has 1 N–H and O–H groups in total. The van der Waals surface area contributed by atoms with Crippen molar-refractivity contribution >= 4 is 27.7 Å². The number of pyridine rings is 1. The lowest BCUT2D eigenvalue weighted by Crippen LogP contribution is -2.53. The van der Waals surface area contributed by atoms with Gasteiger partial charge in [0.25, 0.3) is 5.92 Å². The molecule has 1 unspecified atom stereocenters. The summed E-state index contributed by atoms with van der Waals surface area (Å²) in [6.45, 7) is 3.24. The number of nitrogens with zero attached hydrogens (tertiary/aromatic N) is 2. The molecule has 1 saturated heterocycles. The lowest BCUT2D eigenvalue weighted by atomic mass is 9.98. The third-order valence-electron chi connectivity index (χ3n) is 3.58. The van der Waals surface area contributed by atoms with E-state index in [-0.39, 0.29) is 24.9 Å². The number of amides is 1. The van der Waals surface area contributed by atoms with Gasteiger partial charge in [0.15, 0.2) is 0 Å². The van der Waals surface area contributed by atoms with E-state index in [9.17, 15) is 13.6 Å². The van der Waals surface area contributed by atoms with Gasteiger partial charge in [0.1, 0.15) is 10.4 Å². The van der Waals surface area contributed by atoms with Crippen LogP contribution in [0.5, 0.6) is 0 Å². The topological polar surface area (TPSA) is 45.2 Å². The van der Waals surface area contributed by atoms with Crippen molar-refractivity contribution in [1.29, 1.82) is 0 Å². The minimum Gasteiger partial charge on any atom is -0.354 e. The SMILES string of the molecule is CC(=O)NCC1CCC(F)(F)CN1c1nc(Br)ccc1C. The summed E-state index contributed by atoms with van der Waals surface area (Å²) in [6.07, 6.45) is 0.154. The quantitative estimate of drug-likeness (QED) is 0.842. The summed E-state index contributed by atoms with van der Waals surface area (Å²) < 4.78 is 28.2. The van der Waals surface area contributed by atoms with E-state index >= 15 is 0 Å². The zero-order chi connectivity index (χ0) is 15.6. The van der Waals surface area contributed by atoms with Gasteiger partial charge in [0, 0.05) is 25.9 Å². The fourth-order valence-corrected chi connectivity index (χ4v) is 2.80. The van der Waals surface area contributed by atoms with Crippen molar-refractivity contribution in [2.24, 2.45) is 0 Å². The Morgan fingerprint density at radius 3 is 2.95 bits per heavy atom. The van der Waals surface area contributed by atoms with Gasteiger partial charge in [-0.2, -0.15) is 0 Å². The molecule has 1 aromatic heterocycles. The van der Waals surface area contributed by atoms with Crippen LogP contribution in [0.4, 0.5) is 14.6 Å². The lowest BCUT2D eigenvalue weighted by Gasteiger charge is -2.41. The number of carbonyl (C=O) groups excluding carboxylic acids is 1. The molecule has 2 rings (SSSR count). The third kappa shape index (κ3) is 4.12. The molecule has 1 aromatic rings. The van der Waals surface area contributed by atoms with Crippen molar-refractivity contribution in [2.75, 3.05) is 18.0 Å². The standard InChI is InChI=1S/C14H18BrF2N3O/c1-9-3-4-12(15)19-13(9)20-8-14(16,17)6-5-11(20)7-18-10(2)21/h3-4,11H,5-8H2,1-2H3,(H,18,21). The highest BCUT2D eigenvalue weighted by atomic mass is 79.9. The average Bonchev–Trinajstić information content (AvgIpc) is 2.39. The van der Waals surface area contributed by atoms with Crippen molar-refractivity contribution < 1.29 is 13.6 Å². The van der Waals surface area contributed by atoms with Gasteiger partial charge in [-0.05, 0) is 40.9 Å². The summed E-state index contributed by atoms with van der Waals surface area (Å²) in [7, 11) is 0. The van der Waals surface area contributed by atoms with Gasteiger partial charge in [0.05, 0.1) is 6.54 Å². The molecule has 1 atom stereocenters. The van der Waals surface area contributed by atoms with Gasteiger partial charge >= 0.3 is 0 Å². The zero-order valence-corrected chi connectivity index (χ0v) is 13.6. The molecule has 21 heavy (non-hydrogen) atoms. The van der Waals surface area contributed by atoms with E-state index in [1.807, 2.05) is 13.0 Å².